The Bertz CT molecular complexity index is 564. The van der Waals surface area contributed by atoms with E-state index in [0.29, 0.717) is 23.5 Å². The Hall–Kier alpha value is -2.16. The first-order valence-corrected chi connectivity index (χ1v) is 5.90. The molecule has 0 radical (unpaired) electrons. The zero-order valence-corrected chi connectivity index (χ0v) is 10.5. The first-order chi connectivity index (χ1) is 8.72. The molecule has 0 N–H and O–H groups in total. The number of ketones is 1. The van der Waals surface area contributed by atoms with Crippen molar-refractivity contribution in [2.24, 2.45) is 0 Å². The van der Waals surface area contributed by atoms with E-state index >= 15 is 0 Å². The molecule has 0 amide bonds. The molecule has 0 aliphatic rings. The Morgan fingerprint density at radius 3 is 2.78 bits per heavy atom. The second kappa shape index (κ2) is 5.45. The molecular weight excluding hydrogens is 226 g/mol. The van der Waals surface area contributed by atoms with Crippen molar-refractivity contribution in [1.29, 1.82) is 0 Å². The van der Waals surface area contributed by atoms with Crippen molar-refractivity contribution in [1.82, 2.24) is 4.98 Å². The largest absolute Gasteiger partial charge is 0.493 e. The van der Waals surface area contributed by atoms with Crippen LogP contribution in [0.15, 0.2) is 42.7 Å². The van der Waals surface area contributed by atoms with Crippen LogP contribution in [-0.2, 0) is 0 Å². The second-order valence-corrected chi connectivity index (χ2v) is 4.01. The molecule has 0 aliphatic carbocycles. The maximum atomic E-state index is 12.4. The molecule has 1 aromatic heterocycles. The smallest absolute Gasteiger partial charge is 0.198 e. The minimum Gasteiger partial charge on any atom is -0.493 e. The lowest BCUT2D eigenvalue weighted by atomic mass is 10.0. The number of carbonyl (C=O) groups excluding carboxylic acids is 1. The van der Waals surface area contributed by atoms with E-state index in [-0.39, 0.29) is 5.78 Å². The van der Waals surface area contributed by atoms with Crippen molar-refractivity contribution in [3.8, 4) is 5.75 Å². The number of pyridine rings is 1. The maximum absolute atomic E-state index is 12.4. The van der Waals surface area contributed by atoms with Crippen LogP contribution in [0.2, 0.25) is 0 Å². The third-order valence-corrected chi connectivity index (χ3v) is 2.57. The van der Waals surface area contributed by atoms with E-state index in [0.717, 1.165) is 5.56 Å². The van der Waals surface area contributed by atoms with E-state index in [9.17, 15) is 4.79 Å². The number of aryl methyl sites for hydroxylation is 1. The minimum absolute atomic E-state index is 0.0600. The molecule has 3 nitrogen and oxygen atoms in total. The van der Waals surface area contributed by atoms with Crippen LogP contribution in [0.5, 0.6) is 5.75 Å². The molecule has 0 spiro atoms. The molecule has 0 unspecified atom stereocenters. The van der Waals surface area contributed by atoms with Gasteiger partial charge in [-0.25, -0.2) is 0 Å². The molecule has 0 aliphatic heterocycles. The molecular formula is C15H15NO2. The monoisotopic (exact) mass is 241 g/mol. The number of aromatic nitrogens is 1. The topological polar surface area (TPSA) is 39.2 Å². The van der Waals surface area contributed by atoms with Crippen LogP contribution in [0.25, 0.3) is 0 Å². The zero-order chi connectivity index (χ0) is 13.0. The number of ether oxygens (including phenoxy) is 1. The van der Waals surface area contributed by atoms with Crippen LogP contribution in [0, 0.1) is 6.92 Å². The summed E-state index contributed by atoms with van der Waals surface area (Å²) in [5.41, 5.74) is 2.13. The van der Waals surface area contributed by atoms with Gasteiger partial charge >= 0.3 is 0 Å². The van der Waals surface area contributed by atoms with Gasteiger partial charge < -0.3 is 4.74 Å². The molecule has 0 bridgehead atoms. The van der Waals surface area contributed by atoms with E-state index in [1.165, 1.54) is 0 Å². The first-order valence-electron chi connectivity index (χ1n) is 5.90. The molecule has 18 heavy (non-hydrogen) atoms. The highest BCUT2D eigenvalue weighted by molar-refractivity contribution is 6.10. The van der Waals surface area contributed by atoms with Gasteiger partial charge in [0.15, 0.2) is 5.78 Å². The fourth-order valence-corrected chi connectivity index (χ4v) is 1.77. The lowest BCUT2D eigenvalue weighted by molar-refractivity contribution is 0.103. The summed E-state index contributed by atoms with van der Waals surface area (Å²) in [6.07, 6.45) is 3.31. The Balaban J connectivity index is 2.40. The normalized spacial score (nSPS) is 10.1. The predicted octanol–water partition coefficient (Wildman–Crippen LogP) is 3.02. The number of hydrogen-bond donors (Lipinski definition) is 0. The highest BCUT2D eigenvalue weighted by atomic mass is 16.5. The van der Waals surface area contributed by atoms with Crippen LogP contribution in [0.1, 0.15) is 28.4 Å². The van der Waals surface area contributed by atoms with Crippen molar-refractivity contribution >= 4 is 5.78 Å². The lowest BCUT2D eigenvalue weighted by Crippen LogP contribution is -2.06. The standard InChI is InChI=1S/C15H15NO2/c1-3-18-14-7-5-4-6-13(14)15(17)12-8-11(2)9-16-10-12/h4-10H,3H2,1-2H3. The van der Waals surface area contributed by atoms with Gasteiger partial charge in [0.25, 0.3) is 0 Å². The Morgan fingerprint density at radius 1 is 1.28 bits per heavy atom. The number of nitrogens with zero attached hydrogens (tertiary/aromatic N) is 1. The van der Waals surface area contributed by atoms with Crippen molar-refractivity contribution in [2.45, 2.75) is 13.8 Å². The molecule has 92 valence electrons. The van der Waals surface area contributed by atoms with Gasteiger partial charge in [0, 0.05) is 18.0 Å². The summed E-state index contributed by atoms with van der Waals surface area (Å²) in [6, 6.07) is 9.10. The average molecular weight is 241 g/mol. The van der Waals surface area contributed by atoms with Crippen molar-refractivity contribution in [3.63, 3.8) is 0 Å². The average Bonchev–Trinajstić information content (AvgIpc) is 2.39. The molecule has 0 saturated heterocycles. The zero-order valence-electron chi connectivity index (χ0n) is 10.5. The van der Waals surface area contributed by atoms with Gasteiger partial charge in [0.2, 0.25) is 0 Å². The Kier molecular flexibility index (Phi) is 3.72. The maximum Gasteiger partial charge on any atom is 0.198 e. The summed E-state index contributed by atoms with van der Waals surface area (Å²) in [6.45, 7) is 4.35. The summed E-state index contributed by atoms with van der Waals surface area (Å²) in [4.78, 5) is 16.4. The minimum atomic E-state index is -0.0600. The highest BCUT2D eigenvalue weighted by Crippen LogP contribution is 2.21. The van der Waals surface area contributed by atoms with E-state index < -0.39 is 0 Å². The summed E-state index contributed by atoms with van der Waals surface area (Å²) < 4.78 is 5.47. The number of para-hydroxylation sites is 1. The van der Waals surface area contributed by atoms with E-state index in [4.69, 9.17) is 4.74 Å². The van der Waals surface area contributed by atoms with Gasteiger partial charge in [-0.1, -0.05) is 12.1 Å². The third-order valence-electron chi connectivity index (χ3n) is 2.57. The van der Waals surface area contributed by atoms with Crippen LogP contribution in [0.3, 0.4) is 0 Å². The summed E-state index contributed by atoms with van der Waals surface area (Å²) in [7, 11) is 0. The number of hydrogen-bond acceptors (Lipinski definition) is 3. The number of rotatable bonds is 4. The van der Waals surface area contributed by atoms with Gasteiger partial charge in [-0.15, -0.1) is 0 Å². The van der Waals surface area contributed by atoms with Gasteiger partial charge in [0.05, 0.1) is 12.2 Å². The predicted molar refractivity (Wildman–Crippen MR) is 70.0 cm³/mol. The van der Waals surface area contributed by atoms with Gasteiger partial charge in [0.1, 0.15) is 5.75 Å². The molecule has 1 heterocycles. The van der Waals surface area contributed by atoms with Gasteiger partial charge in [-0.05, 0) is 37.6 Å². The lowest BCUT2D eigenvalue weighted by Gasteiger charge is -2.09. The third kappa shape index (κ3) is 2.56. The molecule has 0 fully saturated rings. The Morgan fingerprint density at radius 2 is 2.06 bits per heavy atom. The molecule has 2 rings (SSSR count). The van der Waals surface area contributed by atoms with Crippen LogP contribution in [-0.4, -0.2) is 17.4 Å². The molecule has 2 aromatic rings. The summed E-state index contributed by atoms with van der Waals surface area (Å²) in [5.74, 6) is 0.557. The van der Waals surface area contributed by atoms with Gasteiger partial charge in [-0.3, -0.25) is 9.78 Å². The summed E-state index contributed by atoms with van der Waals surface area (Å²) in [5, 5.41) is 0. The van der Waals surface area contributed by atoms with Gasteiger partial charge in [-0.2, -0.15) is 0 Å². The fraction of sp³-hybridized carbons (Fsp3) is 0.200. The highest BCUT2D eigenvalue weighted by Gasteiger charge is 2.14. The second-order valence-electron chi connectivity index (χ2n) is 4.01. The van der Waals surface area contributed by atoms with Crippen molar-refractivity contribution in [3.05, 3.63) is 59.4 Å². The van der Waals surface area contributed by atoms with Crippen LogP contribution >= 0.6 is 0 Å². The molecule has 1 aromatic carbocycles. The van der Waals surface area contributed by atoms with E-state index in [2.05, 4.69) is 4.98 Å². The van der Waals surface area contributed by atoms with Crippen LogP contribution < -0.4 is 4.74 Å². The SMILES string of the molecule is CCOc1ccccc1C(=O)c1cncc(C)c1. The molecule has 3 heteroatoms. The van der Waals surface area contributed by atoms with Crippen molar-refractivity contribution in [2.75, 3.05) is 6.61 Å². The molecule has 0 atom stereocenters. The van der Waals surface area contributed by atoms with Crippen molar-refractivity contribution < 1.29 is 9.53 Å². The van der Waals surface area contributed by atoms with E-state index in [1.807, 2.05) is 32.0 Å². The summed E-state index contributed by atoms with van der Waals surface area (Å²) >= 11 is 0. The number of carbonyl (C=O) groups is 1. The molecule has 0 saturated carbocycles. The van der Waals surface area contributed by atoms with E-state index in [1.54, 1.807) is 24.5 Å². The number of benzene rings is 1. The van der Waals surface area contributed by atoms with Crippen LogP contribution in [0.4, 0.5) is 0 Å². The first kappa shape index (κ1) is 12.3. The quantitative estimate of drug-likeness (QED) is 0.772. The Labute approximate surface area is 106 Å². The fourth-order valence-electron chi connectivity index (χ4n) is 1.77.